The Balaban J connectivity index is 1.16. The van der Waals surface area contributed by atoms with E-state index in [2.05, 4.69) is 132 Å². The highest BCUT2D eigenvalue weighted by Crippen LogP contribution is 2.42. The number of rotatable bonds is 5. The molecule has 0 aliphatic heterocycles. The van der Waals surface area contributed by atoms with E-state index in [-0.39, 0.29) is 21.9 Å². The van der Waals surface area contributed by atoms with Gasteiger partial charge in [0.2, 0.25) is 0 Å². The number of benzene rings is 9. The monoisotopic (exact) mass is 812 g/mol. The second kappa shape index (κ2) is 14.7. The Labute approximate surface area is 383 Å². The molecule has 0 spiro atoms. The zero-order valence-corrected chi connectivity index (χ0v) is 35.2. The first-order chi connectivity index (χ1) is 31.2. The van der Waals surface area contributed by atoms with Crippen molar-refractivity contribution in [2.45, 2.75) is 0 Å². The molecule has 0 saturated carbocycles. The lowest BCUT2D eigenvalue weighted by Crippen LogP contribution is -2.48. The van der Waals surface area contributed by atoms with E-state index in [4.69, 9.17) is 54.9 Å². The summed E-state index contributed by atoms with van der Waals surface area (Å²) in [6.07, 6.45) is 0. The van der Waals surface area contributed by atoms with Crippen LogP contribution in [0.2, 0.25) is 0 Å². The Hall–Kier alpha value is -6.75. The topological polar surface area (TPSA) is 9.86 Å². The van der Waals surface area contributed by atoms with Crippen molar-refractivity contribution in [3.8, 4) is 44.8 Å². The minimum Gasteiger partial charge on any atom is -0.311 e. The maximum atomic E-state index is 7.45. The molecule has 2 nitrogen and oxygen atoms in total. The van der Waals surface area contributed by atoms with Crippen LogP contribution in [0.5, 0.6) is 0 Å². The summed E-state index contributed by atoms with van der Waals surface area (Å²) in [6.45, 7) is 0. The number of nitrogens with zero attached hydrogens (tertiary/aromatic N) is 2. The summed E-state index contributed by atoms with van der Waals surface area (Å²) in [5, 5.41) is 5.73. The minimum atomic E-state index is 0.176. The van der Waals surface area contributed by atoms with Crippen LogP contribution >= 0.6 is 11.3 Å². The number of hydrogen-bond acceptors (Lipinski definition) is 1. The molecule has 9 aromatic carbocycles. The largest absolute Gasteiger partial charge is 0.311 e. The van der Waals surface area contributed by atoms with E-state index in [1.165, 1.54) is 20.2 Å². The molecule has 14 radical (unpaired) electrons. The molecule has 0 aliphatic carbocycles. The third kappa shape index (κ3) is 5.61. The lowest BCUT2D eigenvalue weighted by molar-refractivity contribution is 1.19. The molecule has 0 saturated heterocycles. The molecule has 280 valence electrons. The summed E-state index contributed by atoms with van der Waals surface area (Å²) in [7, 11) is 49.0. The average molecular weight is 812 g/mol. The van der Waals surface area contributed by atoms with Crippen molar-refractivity contribution in [3.05, 3.63) is 164 Å². The number of aromatic nitrogens is 2. The van der Waals surface area contributed by atoms with Crippen LogP contribution in [0.3, 0.4) is 0 Å². The normalized spacial score (nSPS) is 11.9. The predicted molar refractivity (Wildman–Crippen MR) is 282 cm³/mol. The van der Waals surface area contributed by atoms with Crippen LogP contribution in [0.1, 0.15) is 0 Å². The fraction of sp³-hybridized carbons (Fsp3) is 0. The van der Waals surface area contributed by atoms with E-state index in [0.29, 0.717) is 43.8 Å². The van der Waals surface area contributed by atoms with Crippen molar-refractivity contribution in [2.24, 2.45) is 0 Å². The number of thiophene rings is 1. The van der Waals surface area contributed by atoms with Gasteiger partial charge in [0.15, 0.2) is 0 Å². The van der Waals surface area contributed by atoms with Gasteiger partial charge in [-0.2, -0.15) is 0 Å². The minimum absolute atomic E-state index is 0.176. The first-order valence-electron chi connectivity index (χ1n) is 21.0. The van der Waals surface area contributed by atoms with Crippen molar-refractivity contribution < 1.29 is 0 Å². The zero-order valence-electron chi connectivity index (χ0n) is 34.4. The molecule has 0 bridgehead atoms. The van der Waals surface area contributed by atoms with Gasteiger partial charge < -0.3 is 9.13 Å². The van der Waals surface area contributed by atoms with Gasteiger partial charge in [-0.1, -0.05) is 137 Å². The second-order valence-electron chi connectivity index (χ2n) is 16.4. The maximum absolute atomic E-state index is 7.45. The molecule has 10 heteroatoms. The molecular formula is C54H27B7N2S. The van der Waals surface area contributed by atoms with Gasteiger partial charge >= 0.3 is 0 Å². The van der Waals surface area contributed by atoms with E-state index >= 15 is 0 Å². The van der Waals surface area contributed by atoms with Gasteiger partial charge in [0.1, 0.15) is 54.9 Å². The van der Waals surface area contributed by atoms with Crippen molar-refractivity contribution >= 4 is 168 Å². The number of fused-ring (bicyclic) bond motifs is 9. The quantitative estimate of drug-likeness (QED) is 0.169. The van der Waals surface area contributed by atoms with Crippen LogP contribution in [-0.2, 0) is 0 Å². The highest BCUT2D eigenvalue weighted by molar-refractivity contribution is 7.25. The van der Waals surface area contributed by atoms with Crippen LogP contribution in [0, 0.1) is 0 Å². The van der Waals surface area contributed by atoms with Gasteiger partial charge in [0, 0.05) is 58.7 Å². The van der Waals surface area contributed by atoms with Gasteiger partial charge in [-0.3, -0.25) is 0 Å². The van der Waals surface area contributed by atoms with Crippen molar-refractivity contribution in [1.82, 2.24) is 9.13 Å². The van der Waals surface area contributed by atoms with Crippen molar-refractivity contribution in [2.75, 3.05) is 0 Å². The molecule has 0 N–H and O–H groups in total. The highest BCUT2D eigenvalue weighted by atomic mass is 32.1. The SMILES string of the molecule is [B]c1c([B])c([B])c2c(c1[B])c1c([B])c(-c3ccc4c(c3)c3c(-c5ccccc5)cccc3n4-c3ccc4sc5ccccc5c4c3)c([B])c([B])c1n2-c1cccc(-c2ccccc2)c1. The smallest absolute Gasteiger partial charge is 0.115 e. The Morgan fingerprint density at radius 3 is 1.73 bits per heavy atom. The summed E-state index contributed by atoms with van der Waals surface area (Å²) in [5.41, 5.74) is 12.6. The molecule has 12 aromatic rings. The van der Waals surface area contributed by atoms with Gasteiger partial charge in [-0.25, -0.2) is 0 Å². The molecule has 0 fully saturated rings. The van der Waals surface area contributed by atoms with Crippen molar-refractivity contribution in [1.29, 1.82) is 0 Å². The summed E-state index contributed by atoms with van der Waals surface area (Å²) >= 11 is 1.81. The molecule has 3 heterocycles. The predicted octanol–water partition coefficient (Wildman–Crippen LogP) is 6.81. The van der Waals surface area contributed by atoms with E-state index < -0.39 is 0 Å². The van der Waals surface area contributed by atoms with Gasteiger partial charge in [0.25, 0.3) is 0 Å². The molecular weight excluding hydrogens is 784 g/mol. The third-order valence-electron chi connectivity index (χ3n) is 12.9. The van der Waals surface area contributed by atoms with Gasteiger partial charge in [-0.15, -0.1) is 22.3 Å². The Morgan fingerprint density at radius 2 is 0.953 bits per heavy atom. The summed E-state index contributed by atoms with van der Waals surface area (Å²) < 4.78 is 6.82. The maximum Gasteiger partial charge on any atom is 0.115 e. The number of hydrogen-bond donors (Lipinski definition) is 0. The van der Waals surface area contributed by atoms with E-state index in [1.54, 1.807) is 0 Å². The first kappa shape index (κ1) is 38.9. The first-order valence-corrected chi connectivity index (χ1v) is 21.8. The molecule has 0 atom stereocenters. The molecule has 0 unspecified atom stereocenters. The van der Waals surface area contributed by atoms with Gasteiger partial charge in [-0.05, 0) is 93.4 Å². The fourth-order valence-corrected chi connectivity index (χ4v) is 11.0. The Kier molecular flexibility index (Phi) is 8.91. The summed E-state index contributed by atoms with van der Waals surface area (Å²) in [6, 6.07) is 56.9. The van der Waals surface area contributed by atoms with Crippen LogP contribution in [0.4, 0.5) is 0 Å². The second-order valence-corrected chi connectivity index (χ2v) is 17.5. The van der Waals surface area contributed by atoms with Crippen LogP contribution < -0.4 is 38.2 Å². The van der Waals surface area contributed by atoms with Crippen LogP contribution in [0.25, 0.3) is 109 Å². The third-order valence-corrected chi connectivity index (χ3v) is 14.1. The molecule has 3 aromatic heterocycles. The lowest BCUT2D eigenvalue weighted by Gasteiger charge is -2.19. The molecule has 0 aliphatic rings. The average Bonchev–Trinajstić information content (AvgIpc) is 4.01. The molecule has 12 rings (SSSR count). The van der Waals surface area contributed by atoms with Crippen LogP contribution in [0.15, 0.2) is 164 Å². The highest BCUT2D eigenvalue weighted by Gasteiger charge is 2.25. The standard InChI is InChI=1S/C54H27B7N2S/c55-46-42(47(56)51(60)53-44(46)45-48(57)49(58)50(59)52(61)54(45)63(53)32-16-9-15-30(25-32)28-11-3-1-4-12-28)31-21-23-38-37(26-31)43-34(29-13-5-2-6-14-29)18-10-19-39(43)62(38)33-22-24-41-36(27-33)35-17-7-8-20-40(35)64-41/h1-27H. The molecule has 64 heavy (non-hydrogen) atoms. The Bertz CT molecular complexity index is 3930. The van der Waals surface area contributed by atoms with Crippen LogP contribution in [-0.4, -0.2) is 64.1 Å². The summed E-state index contributed by atoms with van der Waals surface area (Å²) in [5.74, 6) is 0. The molecule has 0 amide bonds. The van der Waals surface area contributed by atoms with Gasteiger partial charge in [0.05, 0.1) is 11.0 Å². The van der Waals surface area contributed by atoms with Crippen molar-refractivity contribution in [3.63, 3.8) is 0 Å². The van der Waals surface area contributed by atoms with E-state index in [0.717, 1.165) is 61.0 Å². The summed E-state index contributed by atoms with van der Waals surface area (Å²) in [4.78, 5) is 0. The van der Waals surface area contributed by atoms with E-state index in [1.807, 2.05) is 52.3 Å². The lowest BCUT2D eigenvalue weighted by atomic mass is 9.64. The fourth-order valence-electron chi connectivity index (χ4n) is 9.93. The Morgan fingerprint density at radius 1 is 0.328 bits per heavy atom. The zero-order chi connectivity index (χ0) is 43.5. The van der Waals surface area contributed by atoms with E-state index in [9.17, 15) is 0 Å².